The quantitative estimate of drug-likeness (QED) is 0.581. The third-order valence-electron chi connectivity index (χ3n) is 4.76. The molecule has 150 valence electrons. The Labute approximate surface area is 160 Å². The number of carbonyl (C=O) groups is 3. The van der Waals surface area contributed by atoms with Gasteiger partial charge in [-0.15, -0.1) is 0 Å². The third kappa shape index (κ3) is 7.29. The van der Waals surface area contributed by atoms with E-state index >= 15 is 0 Å². The number of amides is 2. The molecule has 0 heterocycles. The highest BCUT2D eigenvalue weighted by molar-refractivity contribution is 5.89. The lowest BCUT2D eigenvalue weighted by Crippen LogP contribution is -2.55. The number of rotatable bonds is 10. The van der Waals surface area contributed by atoms with E-state index < -0.39 is 30.1 Å². The Morgan fingerprint density at radius 3 is 2.04 bits per heavy atom. The summed E-state index contributed by atoms with van der Waals surface area (Å²) in [6, 6.07) is 7.33. The summed E-state index contributed by atoms with van der Waals surface area (Å²) in [6.45, 7) is 7.43. The first kappa shape index (κ1) is 22.5. The highest BCUT2D eigenvalue weighted by Gasteiger charge is 2.32. The fourth-order valence-electron chi connectivity index (χ4n) is 2.52. The van der Waals surface area contributed by atoms with Crippen LogP contribution in [0.25, 0.3) is 0 Å². The zero-order chi connectivity index (χ0) is 20.4. The van der Waals surface area contributed by atoms with Gasteiger partial charge in [-0.2, -0.15) is 0 Å². The van der Waals surface area contributed by atoms with Crippen LogP contribution in [-0.4, -0.2) is 35.2 Å². The molecule has 3 N–H and O–H groups in total. The largest absolute Gasteiger partial charge is 0.480 e. The van der Waals surface area contributed by atoms with Gasteiger partial charge in [0.15, 0.2) is 0 Å². The van der Waals surface area contributed by atoms with Crippen molar-refractivity contribution in [2.75, 3.05) is 0 Å². The second-order valence-electron chi connectivity index (χ2n) is 6.78. The van der Waals surface area contributed by atoms with Crippen LogP contribution in [0.2, 0.25) is 0 Å². The normalized spacial score (nSPS) is 15.1. The number of carboxylic acid groups (broad SMARTS) is 1. The van der Waals surface area contributed by atoms with Gasteiger partial charge in [-0.3, -0.25) is 4.79 Å². The maximum atomic E-state index is 12.6. The number of benzene rings is 1. The van der Waals surface area contributed by atoms with Gasteiger partial charge in [0, 0.05) is 0 Å². The van der Waals surface area contributed by atoms with Crippen LogP contribution >= 0.6 is 0 Å². The Hall–Kier alpha value is -2.57. The molecular formula is C20H30N2O5. The molecule has 0 radical (unpaired) electrons. The van der Waals surface area contributed by atoms with Crippen LogP contribution in [-0.2, 0) is 20.9 Å². The van der Waals surface area contributed by atoms with E-state index in [2.05, 4.69) is 10.6 Å². The first-order valence-corrected chi connectivity index (χ1v) is 9.30. The van der Waals surface area contributed by atoms with E-state index in [1.165, 1.54) is 0 Å². The SMILES string of the molecule is CC[C@@H](C)[C@H](NC(=O)[C@@H](NC(=O)OCc1ccccc1)[C@H](C)CC)C(=O)O. The summed E-state index contributed by atoms with van der Waals surface area (Å²) in [5, 5.41) is 14.5. The topological polar surface area (TPSA) is 105 Å². The van der Waals surface area contributed by atoms with Crippen molar-refractivity contribution < 1.29 is 24.2 Å². The molecule has 0 saturated carbocycles. The maximum Gasteiger partial charge on any atom is 0.408 e. The Bertz CT molecular complexity index is 620. The van der Waals surface area contributed by atoms with E-state index in [0.717, 1.165) is 5.56 Å². The number of ether oxygens (including phenoxy) is 1. The van der Waals surface area contributed by atoms with Crippen molar-refractivity contribution in [2.24, 2.45) is 11.8 Å². The summed E-state index contributed by atoms with van der Waals surface area (Å²) in [6.07, 6.45) is 0.533. The van der Waals surface area contributed by atoms with Crippen molar-refractivity contribution in [3.63, 3.8) is 0 Å². The first-order valence-electron chi connectivity index (χ1n) is 9.30. The molecule has 7 heteroatoms. The summed E-state index contributed by atoms with van der Waals surface area (Å²) in [5.74, 6) is -2.02. The average Bonchev–Trinajstić information content (AvgIpc) is 2.67. The van der Waals surface area contributed by atoms with Gasteiger partial charge in [0.05, 0.1) is 0 Å². The second kappa shape index (κ2) is 11.2. The van der Waals surface area contributed by atoms with Crippen molar-refractivity contribution in [3.8, 4) is 0 Å². The van der Waals surface area contributed by atoms with Gasteiger partial charge in [0.2, 0.25) is 5.91 Å². The van der Waals surface area contributed by atoms with Crippen molar-refractivity contribution in [2.45, 2.75) is 59.2 Å². The Morgan fingerprint density at radius 1 is 0.963 bits per heavy atom. The van der Waals surface area contributed by atoms with E-state index in [1.807, 2.05) is 51.1 Å². The molecule has 0 aromatic heterocycles. The highest BCUT2D eigenvalue weighted by atomic mass is 16.5. The molecule has 0 fully saturated rings. The standard InChI is InChI=1S/C20H30N2O5/c1-5-13(3)16(18(23)21-17(19(24)25)14(4)6-2)22-20(26)27-12-15-10-8-7-9-11-15/h7-11,13-14,16-17H,5-6,12H2,1-4H3,(H,21,23)(H,22,26)(H,24,25)/t13-,14-,16+,17+/m1/s1. The summed E-state index contributed by atoms with van der Waals surface area (Å²) in [5.41, 5.74) is 0.833. The van der Waals surface area contributed by atoms with E-state index in [9.17, 15) is 19.5 Å². The lowest BCUT2D eigenvalue weighted by atomic mass is 9.95. The molecule has 4 atom stereocenters. The van der Waals surface area contributed by atoms with Gasteiger partial charge in [-0.1, -0.05) is 70.9 Å². The van der Waals surface area contributed by atoms with E-state index in [1.54, 1.807) is 6.92 Å². The molecule has 0 aliphatic carbocycles. The monoisotopic (exact) mass is 378 g/mol. The van der Waals surface area contributed by atoms with Crippen LogP contribution < -0.4 is 10.6 Å². The second-order valence-corrected chi connectivity index (χ2v) is 6.78. The molecule has 0 unspecified atom stereocenters. The zero-order valence-corrected chi connectivity index (χ0v) is 16.4. The Kier molecular flexibility index (Phi) is 9.33. The number of alkyl carbamates (subject to hydrolysis) is 1. The summed E-state index contributed by atoms with van der Waals surface area (Å²) in [4.78, 5) is 36.2. The molecule has 7 nitrogen and oxygen atoms in total. The van der Waals surface area contributed by atoms with Gasteiger partial charge in [0.25, 0.3) is 0 Å². The average molecular weight is 378 g/mol. The smallest absolute Gasteiger partial charge is 0.408 e. The predicted octanol–water partition coefficient (Wildman–Crippen LogP) is 2.94. The number of nitrogens with one attached hydrogen (secondary N) is 2. The van der Waals surface area contributed by atoms with Gasteiger partial charge in [-0.05, 0) is 17.4 Å². The molecule has 1 aromatic rings. The fraction of sp³-hybridized carbons (Fsp3) is 0.550. The first-order chi connectivity index (χ1) is 12.8. The van der Waals surface area contributed by atoms with Gasteiger partial charge < -0.3 is 20.5 Å². The van der Waals surface area contributed by atoms with Crippen LogP contribution in [0.5, 0.6) is 0 Å². The maximum absolute atomic E-state index is 12.6. The zero-order valence-electron chi connectivity index (χ0n) is 16.4. The molecule has 0 spiro atoms. The van der Waals surface area contributed by atoms with Crippen molar-refractivity contribution in [1.82, 2.24) is 10.6 Å². The van der Waals surface area contributed by atoms with Gasteiger partial charge >= 0.3 is 12.1 Å². The molecule has 0 aliphatic heterocycles. The Balaban J connectivity index is 2.74. The summed E-state index contributed by atoms with van der Waals surface area (Å²) >= 11 is 0. The molecule has 0 bridgehead atoms. The van der Waals surface area contributed by atoms with Crippen LogP contribution in [0.3, 0.4) is 0 Å². The van der Waals surface area contributed by atoms with Crippen molar-refractivity contribution in [1.29, 1.82) is 0 Å². The number of hydrogen-bond donors (Lipinski definition) is 3. The Morgan fingerprint density at radius 2 is 1.52 bits per heavy atom. The fourth-order valence-corrected chi connectivity index (χ4v) is 2.52. The van der Waals surface area contributed by atoms with E-state index in [4.69, 9.17) is 4.74 Å². The number of hydrogen-bond acceptors (Lipinski definition) is 4. The molecule has 2 amide bonds. The van der Waals surface area contributed by atoms with Crippen LogP contribution in [0, 0.1) is 11.8 Å². The minimum atomic E-state index is -1.09. The highest BCUT2D eigenvalue weighted by Crippen LogP contribution is 2.12. The van der Waals surface area contributed by atoms with Gasteiger partial charge in [-0.25, -0.2) is 9.59 Å². The lowest BCUT2D eigenvalue weighted by molar-refractivity contribution is -0.143. The van der Waals surface area contributed by atoms with E-state index in [-0.39, 0.29) is 18.4 Å². The van der Waals surface area contributed by atoms with Crippen LogP contribution in [0.1, 0.15) is 46.1 Å². The molecule has 1 aromatic carbocycles. The summed E-state index contributed by atoms with van der Waals surface area (Å²) < 4.78 is 5.18. The number of carbonyl (C=O) groups excluding carboxylic acids is 2. The molecule has 0 saturated heterocycles. The predicted molar refractivity (Wildman–Crippen MR) is 102 cm³/mol. The summed E-state index contributed by atoms with van der Waals surface area (Å²) in [7, 11) is 0. The molecule has 27 heavy (non-hydrogen) atoms. The minimum Gasteiger partial charge on any atom is -0.480 e. The lowest BCUT2D eigenvalue weighted by Gasteiger charge is -2.27. The van der Waals surface area contributed by atoms with E-state index in [0.29, 0.717) is 12.8 Å². The van der Waals surface area contributed by atoms with Crippen LogP contribution in [0.15, 0.2) is 30.3 Å². The van der Waals surface area contributed by atoms with Gasteiger partial charge in [0.1, 0.15) is 18.7 Å². The number of aliphatic carboxylic acids is 1. The van der Waals surface area contributed by atoms with Crippen molar-refractivity contribution >= 4 is 18.0 Å². The third-order valence-corrected chi connectivity index (χ3v) is 4.76. The molecule has 1 rings (SSSR count). The molecule has 0 aliphatic rings. The van der Waals surface area contributed by atoms with Crippen molar-refractivity contribution in [3.05, 3.63) is 35.9 Å². The molecular weight excluding hydrogens is 348 g/mol. The number of carboxylic acids is 1. The minimum absolute atomic E-state index is 0.0894. The van der Waals surface area contributed by atoms with Crippen LogP contribution in [0.4, 0.5) is 4.79 Å².